The Balaban J connectivity index is 2.11. The Morgan fingerprint density at radius 3 is 2.09 bits per heavy atom. The molecule has 0 aliphatic carbocycles. The molecule has 0 unspecified atom stereocenters. The quantitative estimate of drug-likeness (QED) is 0.229. The van der Waals surface area contributed by atoms with Crippen molar-refractivity contribution in [1.82, 2.24) is 10.2 Å². The van der Waals surface area contributed by atoms with Gasteiger partial charge in [-0.2, -0.15) is 0 Å². The number of halogens is 1. The molecule has 0 radical (unpaired) electrons. The Labute approximate surface area is 265 Å². The lowest BCUT2D eigenvalue weighted by molar-refractivity contribution is -0.140. The topological polar surface area (TPSA) is 114 Å². The first-order valence-electron chi connectivity index (χ1n) is 14.8. The third-order valence-corrected chi connectivity index (χ3v) is 9.08. The molecular weight excluding hydrogens is 601 g/mol. The van der Waals surface area contributed by atoms with Crippen molar-refractivity contribution >= 4 is 27.5 Å². The van der Waals surface area contributed by atoms with E-state index in [1.807, 2.05) is 20.8 Å². The number of carbonyl (C=O) groups excluding carboxylic acids is 2. The fraction of sp³-hybridized carbons (Fsp3) is 0.394. The lowest BCUT2D eigenvalue weighted by Gasteiger charge is -2.33. The first-order chi connectivity index (χ1) is 21.5. The fourth-order valence-electron chi connectivity index (χ4n) is 4.66. The Morgan fingerprint density at radius 2 is 1.53 bits per heavy atom. The number of sulfonamides is 1. The zero-order valence-electron chi connectivity index (χ0n) is 26.6. The summed E-state index contributed by atoms with van der Waals surface area (Å²) in [6.45, 7) is 7.15. The zero-order valence-corrected chi connectivity index (χ0v) is 27.4. The van der Waals surface area contributed by atoms with Gasteiger partial charge in [-0.15, -0.1) is 0 Å². The number of methoxy groups -OCH3 is 2. The van der Waals surface area contributed by atoms with Gasteiger partial charge >= 0.3 is 0 Å². The second-order valence-corrected chi connectivity index (χ2v) is 12.2. The third-order valence-electron chi connectivity index (χ3n) is 7.31. The minimum atomic E-state index is -4.36. The summed E-state index contributed by atoms with van der Waals surface area (Å²) in [5, 5.41) is 2.93. The minimum Gasteiger partial charge on any atom is -0.494 e. The van der Waals surface area contributed by atoms with E-state index >= 15 is 0 Å². The number of hydrogen-bond acceptors (Lipinski definition) is 7. The molecule has 0 aliphatic heterocycles. The Hall–Kier alpha value is -4.32. The van der Waals surface area contributed by atoms with Crippen molar-refractivity contribution in [3.63, 3.8) is 0 Å². The average molecular weight is 644 g/mol. The number of benzene rings is 3. The van der Waals surface area contributed by atoms with Gasteiger partial charge in [0.1, 0.15) is 24.2 Å². The predicted molar refractivity (Wildman–Crippen MR) is 171 cm³/mol. The smallest absolute Gasteiger partial charge is 0.264 e. The van der Waals surface area contributed by atoms with Crippen LogP contribution in [0.2, 0.25) is 0 Å². The molecule has 0 aliphatic rings. The van der Waals surface area contributed by atoms with E-state index in [2.05, 4.69) is 5.32 Å². The van der Waals surface area contributed by atoms with Gasteiger partial charge < -0.3 is 24.4 Å². The van der Waals surface area contributed by atoms with Gasteiger partial charge in [-0.3, -0.25) is 13.9 Å². The summed E-state index contributed by atoms with van der Waals surface area (Å²) in [6.07, 6.45) is 0.948. The van der Waals surface area contributed by atoms with Crippen molar-refractivity contribution in [1.29, 1.82) is 0 Å². The molecule has 10 nitrogen and oxygen atoms in total. The minimum absolute atomic E-state index is 0.0426. The van der Waals surface area contributed by atoms with E-state index in [0.29, 0.717) is 30.1 Å². The Kier molecular flexibility index (Phi) is 12.6. The maximum Gasteiger partial charge on any atom is 0.264 e. The Bertz CT molecular complexity index is 1530. The molecule has 45 heavy (non-hydrogen) atoms. The third kappa shape index (κ3) is 8.87. The second kappa shape index (κ2) is 16.1. The lowest BCUT2D eigenvalue weighted by Crippen LogP contribution is -2.53. The van der Waals surface area contributed by atoms with E-state index in [9.17, 15) is 22.4 Å². The second-order valence-electron chi connectivity index (χ2n) is 10.3. The molecule has 0 fully saturated rings. The van der Waals surface area contributed by atoms with Crippen LogP contribution < -0.4 is 23.8 Å². The molecule has 12 heteroatoms. The van der Waals surface area contributed by atoms with E-state index in [-0.39, 0.29) is 41.2 Å². The number of anilines is 1. The summed E-state index contributed by atoms with van der Waals surface area (Å²) in [5.41, 5.74) is 0.787. The van der Waals surface area contributed by atoms with Crippen LogP contribution >= 0.6 is 0 Å². The number of hydrogen-bond donors (Lipinski definition) is 1. The first-order valence-corrected chi connectivity index (χ1v) is 16.2. The van der Waals surface area contributed by atoms with Crippen molar-refractivity contribution in [2.75, 3.05) is 31.7 Å². The van der Waals surface area contributed by atoms with Gasteiger partial charge in [0.25, 0.3) is 10.0 Å². The highest BCUT2D eigenvalue weighted by Crippen LogP contribution is 2.33. The van der Waals surface area contributed by atoms with Gasteiger partial charge in [-0.1, -0.05) is 26.0 Å². The monoisotopic (exact) mass is 643 g/mol. The van der Waals surface area contributed by atoms with Gasteiger partial charge in [-0.25, -0.2) is 12.8 Å². The summed E-state index contributed by atoms with van der Waals surface area (Å²) < 4.78 is 59.3. The fourth-order valence-corrected chi connectivity index (χ4v) is 6.09. The van der Waals surface area contributed by atoms with Crippen LogP contribution in [0.5, 0.6) is 17.2 Å². The van der Waals surface area contributed by atoms with Crippen molar-refractivity contribution in [3.8, 4) is 17.2 Å². The lowest BCUT2D eigenvalue weighted by atomic mass is 10.1. The van der Waals surface area contributed by atoms with Gasteiger partial charge in [0.05, 0.1) is 31.4 Å². The molecule has 2 amide bonds. The highest BCUT2D eigenvalue weighted by Gasteiger charge is 2.34. The van der Waals surface area contributed by atoms with E-state index in [1.54, 1.807) is 31.2 Å². The SMILES string of the molecule is CCOc1ccc(N(CC(=O)N(Cc2ccc(F)cc2)[C@H](CC)C(=O)N[C@@H](C)CC)S(=O)(=O)c2ccc(OC)c(OC)c2)cc1. The summed E-state index contributed by atoms with van der Waals surface area (Å²) in [5.74, 6) is -0.366. The van der Waals surface area contributed by atoms with Crippen LogP contribution in [-0.4, -0.2) is 64.6 Å². The summed E-state index contributed by atoms with van der Waals surface area (Å²) >= 11 is 0. The first kappa shape index (κ1) is 35.2. The average Bonchev–Trinajstić information content (AvgIpc) is 3.04. The van der Waals surface area contributed by atoms with Crippen molar-refractivity contribution in [2.45, 2.75) is 64.1 Å². The largest absolute Gasteiger partial charge is 0.494 e. The molecule has 244 valence electrons. The van der Waals surface area contributed by atoms with Crippen LogP contribution in [0.25, 0.3) is 0 Å². The van der Waals surface area contributed by atoms with Crippen LogP contribution in [0, 0.1) is 5.82 Å². The van der Waals surface area contributed by atoms with Crippen molar-refractivity contribution in [3.05, 3.63) is 78.1 Å². The molecule has 0 saturated heterocycles. The van der Waals surface area contributed by atoms with Crippen LogP contribution in [0.15, 0.2) is 71.6 Å². The number of nitrogens with one attached hydrogen (secondary N) is 1. The molecule has 3 rings (SSSR count). The standard InChI is InChI=1S/C33H42FN3O7S/c1-7-23(4)35-33(39)29(8-2)36(21-24-10-12-25(34)13-11-24)32(38)22-37(26-14-16-27(17-15-26)44-9-3)45(40,41)28-18-19-30(42-5)31(20-28)43-6/h10-20,23,29H,7-9,21-22H2,1-6H3,(H,35,39)/t23-,29+/m0/s1. The molecule has 1 N–H and O–H groups in total. The van der Waals surface area contributed by atoms with E-state index in [1.165, 1.54) is 61.6 Å². The molecule has 2 atom stereocenters. The Morgan fingerprint density at radius 1 is 0.889 bits per heavy atom. The normalized spacial score (nSPS) is 12.5. The van der Waals surface area contributed by atoms with Gasteiger partial charge in [0, 0.05) is 18.7 Å². The molecule has 0 bridgehead atoms. The molecule has 0 heterocycles. The summed E-state index contributed by atoms with van der Waals surface area (Å²) in [7, 11) is -1.53. The molecule has 3 aromatic rings. The van der Waals surface area contributed by atoms with Gasteiger partial charge in [0.2, 0.25) is 11.8 Å². The van der Waals surface area contributed by atoms with E-state index < -0.39 is 34.3 Å². The number of carbonyl (C=O) groups is 2. The van der Waals surface area contributed by atoms with Crippen molar-refractivity contribution < 1.29 is 36.6 Å². The van der Waals surface area contributed by atoms with Gasteiger partial charge in [0.15, 0.2) is 11.5 Å². The molecule has 3 aromatic carbocycles. The maximum atomic E-state index is 14.2. The van der Waals surface area contributed by atoms with Gasteiger partial charge in [-0.05, 0) is 80.8 Å². The van der Waals surface area contributed by atoms with Crippen LogP contribution in [0.1, 0.15) is 46.1 Å². The molecule has 0 aromatic heterocycles. The van der Waals surface area contributed by atoms with E-state index in [4.69, 9.17) is 14.2 Å². The maximum absolute atomic E-state index is 14.2. The van der Waals surface area contributed by atoms with Crippen LogP contribution in [-0.2, 0) is 26.2 Å². The number of ether oxygens (including phenoxy) is 3. The van der Waals surface area contributed by atoms with Crippen LogP contribution in [0.3, 0.4) is 0 Å². The van der Waals surface area contributed by atoms with Crippen molar-refractivity contribution in [2.24, 2.45) is 0 Å². The number of nitrogens with zero attached hydrogens (tertiary/aromatic N) is 2. The zero-order chi connectivity index (χ0) is 33.1. The number of rotatable bonds is 16. The summed E-state index contributed by atoms with van der Waals surface area (Å²) in [4.78, 5) is 28.8. The highest BCUT2D eigenvalue weighted by molar-refractivity contribution is 7.92. The summed E-state index contributed by atoms with van der Waals surface area (Å²) in [6, 6.07) is 15.0. The van der Waals surface area contributed by atoms with Crippen LogP contribution in [0.4, 0.5) is 10.1 Å². The molecule has 0 saturated carbocycles. The predicted octanol–water partition coefficient (Wildman–Crippen LogP) is 5.16. The number of amides is 2. The molecule has 0 spiro atoms. The highest BCUT2D eigenvalue weighted by atomic mass is 32.2. The van der Waals surface area contributed by atoms with E-state index in [0.717, 1.165) is 4.31 Å². The molecular formula is C33H42FN3O7S.